The van der Waals surface area contributed by atoms with E-state index in [1.165, 1.54) is 0 Å². The normalized spacial score (nSPS) is 11.6. The van der Waals surface area contributed by atoms with Gasteiger partial charge in [-0.15, -0.1) is 0 Å². The van der Waals surface area contributed by atoms with Gasteiger partial charge in [0.25, 0.3) is 10.0 Å². The molecule has 4 aromatic rings. The summed E-state index contributed by atoms with van der Waals surface area (Å²) in [5, 5.41) is 0. The van der Waals surface area contributed by atoms with Crippen molar-refractivity contribution in [2.45, 2.75) is 11.8 Å². The summed E-state index contributed by atoms with van der Waals surface area (Å²) in [6.45, 7) is 1.92. The Morgan fingerprint density at radius 3 is 2.37 bits per heavy atom. The first kappa shape index (κ1) is 17.8. The standard InChI is InChI=1S/C20H16BrN3O2S/c1-14-5-11-17(12-6-14)27(25,26)23-20-19(15-7-9-16(21)10-8-15)22-18-4-2-3-13-24(18)20/h2-13,23H,1H3. The zero-order chi connectivity index (χ0) is 19.0. The van der Waals surface area contributed by atoms with Crippen LogP contribution in [0.2, 0.25) is 0 Å². The molecule has 2 aromatic carbocycles. The van der Waals surface area contributed by atoms with Gasteiger partial charge in [-0.1, -0.05) is 51.8 Å². The van der Waals surface area contributed by atoms with Crippen molar-refractivity contribution >= 4 is 37.4 Å². The maximum Gasteiger partial charge on any atom is 0.263 e. The van der Waals surface area contributed by atoms with Gasteiger partial charge in [0.1, 0.15) is 11.3 Å². The van der Waals surface area contributed by atoms with Crippen molar-refractivity contribution in [2.24, 2.45) is 0 Å². The lowest BCUT2D eigenvalue weighted by Crippen LogP contribution is -2.15. The largest absolute Gasteiger partial charge is 0.285 e. The van der Waals surface area contributed by atoms with Crippen LogP contribution in [0.4, 0.5) is 5.82 Å². The van der Waals surface area contributed by atoms with Crippen LogP contribution in [0, 0.1) is 6.92 Å². The molecule has 0 aliphatic rings. The summed E-state index contributed by atoms with van der Waals surface area (Å²) in [7, 11) is -3.75. The second-order valence-corrected chi connectivity index (χ2v) is 8.76. The number of pyridine rings is 1. The predicted molar refractivity (Wildman–Crippen MR) is 110 cm³/mol. The van der Waals surface area contributed by atoms with Crippen LogP contribution in [0.5, 0.6) is 0 Å². The van der Waals surface area contributed by atoms with Crippen molar-refractivity contribution in [3.63, 3.8) is 0 Å². The summed E-state index contributed by atoms with van der Waals surface area (Å²) in [4.78, 5) is 4.83. The highest BCUT2D eigenvalue weighted by Crippen LogP contribution is 2.31. The minimum atomic E-state index is -3.75. The lowest BCUT2D eigenvalue weighted by atomic mass is 10.1. The number of aromatic nitrogens is 2. The fourth-order valence-corrected chi connectivity index (χ4v) is 4.13. The van der Waals surface area contributed by atoms with Crippen molar-refractivity contribution in [2.75, 3.05) is 4.72 Å². The molecule has 1 N–H and O–H groups in total. The number of nitrogens with one attached hydrogen (secondary N) is 1. The van der Waals surface area contributed by atoms with E-state index in [2.05, 4.69) is 25.6 Å². The number of halogens is 1. The molecule has 0 bridgehead atoms. The van der Waals surface area contributed by atoms with E-state index in [0.717, 1.165) is 15.6 Å². The third-order valence-electron chi connectivity index (χ3n) is 4.21. The van der Waals surface area contributed by atoms with E-state index in [1.807, 2.05) is 49.4 Å². The molecule has 27 heavy (non-hydrogen) atoms. The van der Waals surface area contributed by atoms with Crippen LogP contribution >= 0.6 is 15.9 Å². The van der Waals surface area contributed by atoms with E-state index in [4.69, 9.17) is 0 Å². The molecule has 0 saturated carbocycles. The highest BCUT2D eigenvalue weighted by atomic mass is 79.9. The number of imidazole rings is 1. The predicted octanol–water partition coefficient (Wildman–Crippen LogP) is 4.87. The van der Waals surface area contributed by atoms with Gasteiger partial charge >= 0.3 is 0 Å². The summed E-state index contributed by atoms with van der Waals surface area (Å²) >= 11 is 3.42. The molecular formula is C20H16BrN3O2S. The lowest BCUT2D eigenvalue weighted by Gasteiger charge is -2.10. The molecule has 2 heterocycles. The number of anilines is 1. The Labute approximate surface area is 165 Å². The number of benzene rings is 2. The first-order valence-electron chi connectivity index (χ1n) is 8.26. The Morgan fingerprint density at radius 1 is 0.963 bits per heavy atom. The number of aryl methyl sites for hydroxylation is 1. The van der Waals surface area contributed by atoms with Crippen LogP contribution in [-0.2, 0) is 10.0 Å². The zero-order valence-electron chi connectivity index (χ0n) is 14.4. The number of sulfonamides is 1. The van der Waals surface area contributed by atoms with Gasteiger partial charge in [-0.3, -0.25) is 9.12 Å². The van der Waals surface area contributed by atoms with Crippen LogP contribution in [0.1, 0.15) is 5.56 Å². The summed E-state index contributed by atoms with van der Waals surface area (Å²) < 4.78 is 31.3. The van der Waals surface area contributed by atoms with Gasteiger partial charge in [0, 0.05) is 16.2 Å². The Morgan fingerprint density at radius 2 is 1.67 bits per heavy atom. The van der Waals surface area contributed by atoms with Gasteiger partial charge in [0.2, 0.25) is 0 Å². The van der Waals surface area contributed by atoms with E-state index in [9.17, 15) is 8.42 Å². The summed E-state index contributed by atoms with van der Waals surface area (Å²) in [6.07, 6.45) is 1.79. The number of nitrogens with zero attached hydrogens (tertiary/aromatic N) is 2. The van der Waals surface area contributed by atoms with Crippen LogP contribution in [0.25, 0.3) is 16.9 Å². The smallest absolute Gasteiger partial charge is 0.263 e. The van der Waals surface area contributed by atoms with E-state index in [0.29, 0.717) is 17.2 Å². The van der Waals surface area contributed by atoms with Crippen LogP contribution in [0.15, 0.2) is 82.3 Å². The van der Waals surface area contributed by atoms with E-state index in [1.54, 1.807) is 34.9 Å². The molecule has 0 amide bonds. The molecule has 5 nitrogen and oxygen atoms in total. The summed E-state index contributed by atoms with van der Waals surface area (Å²) in [5.74, 6) is 0.411. The van der Waals surface area contributed by atoms with Crippen molar-refractivity contribution in [1.82, 2.24) is 9.38 Å². The molecule has 0 aliphatic carbocycles. The SMILES string of the molecule is Cc1ccc(S(=O)(=O)Nc2c(-c3ccc(Br)cc3)nc3ccccn23)cc1. The molecule has 0 saturated heterocycles. The lowest BCUT2D eigenvalue weighted by molar-refractivity contribution is 0.601. The zero-order valence-corrected chi connectivity index (χ0v) is 16.8. The fraction of sp³-hybridized carbons (Fsp3) is 0.0500. The third-order valence-corrected chi connectivity index (χ3v) is 6.09. The first-order valence-corrected chi connectivity index (χ1v) is 10.5. The summed E-state index contributed by atoms with van der Waals surface area (Å²) in [6, 6.07) is 19.9. The van der Waals surface area contributed by atoms with Crippen molar-refractivity contribution in [3.05, 3.63) is 83.0 Å². The third kappa shape index (κ3) is 3.48. The van der Waals surface area contributed by atoms with E-state index < -0.39 is 10.0 Å². The van der Waals surface area contributed by atoms with Crippen LogP contribution < -0.4 is 4.72 Å². The van der Waals surface area contributed by atoms with E-state index >= 15 is 0 Å². The molecule has 2 aromatic heterocycles. The molecule has 0 atom stereocenters. The molecule has 0 unspecified atom stereocenters. The van der Waals surface area contributed by atoms with Crippen molar-refractivity contribution in [1.29, 1.82) is 0 Å². The molecule has 0 fully saturated rings. The van der Waals surface area contributed by atoms with Gasteiger partial charge in [-0.05, 0) is 43.3 Å². The Balaban J connectivity index is 1.86. The second kappa shape index (κ2) is 6.83. The number of hydrogen-bond acceptors (Lipinski definition) is 3. The maximum absolute atomic E-state index is 12.9. The van der Waals surface area contributed by atoms with Gasteiger partial charge in [0.05, 0.1) is 4.90 Å². The molecule has 0 radical (unpaired) electrons. The second-order valence-electron chi connectivity index (χ2n) is 6.16. The Hall–Kier alpha value is -2.64. The summed E-state index contributed by atoms with van der Waals surface area (Å²) in [5.41, 5.74) is 3.06. The monoisotopic (exact) mass is 441 g/mol. The molecule has 136 valence electrons. The maximum atomic E-state index is 12.9. The first-order chi connectivity index (χ1) is 12.9. The Kier molecular flexibility index (Phi) is 4.49. The average Bonchev–Trinajstić information content (AvgIpc) is 3.01. The van der Waals surface area contributed by atoms with Gasteiger partial charge in [-0.2, -0.15) is 0 Å². The number of fused-ring (bicyclic) bond motifs is 1. The molecule has 0 aliphatic heterocycles. The molecule has 7 heteroatoms. The number of hydrogen-bond donors (Lipinski definition) is 1. The highest BCUT2D eigenvalue weighted by molar-refractivity contribution is 9.10. The number of rotatable bonds is 4. The van der Waals surface area contributed by atoms with Gasteiger partial charge < -0.3 is 0 Å². The highest BCUT2D eigenvalue weighted by Gasteiger charge is 2.21. The van der Waals surface area contributed by atoms with Crippen LogP contribution in [-0.4, -0.2) is 17.8 Å². The minimum absolute atomic E-state index is 0.209. The quantitative estimate of drug-likeness (QED) is 0.491. The Bertz CT molecular complexity index is 1210. The topological polar surface area (TPSA) is 63.5 Å². The van der Waals surface area contributed by atoms with Gasteiger partial charge in [-0.25, -0.2) is 13.4 Å². The van der Waals surface area contributed by atoms with Crippen LogP contribution in [0.3, 0.4) is 0 Å². The van der Waals surface area contributed by atoms with Crippen molar-refractivity contribution < 1.29 is 8.42 Å². The molecular weight excluding hydrogens is 426 g/mol. The average molecular weight is 442 g/mol. The fourth-order valence-electron chi connectivity index (χ4n) is 2.81. The van der Waals surface area contributed by atoms with Crippen molar-refractivity contribution in [3.8, 4) is 11.3 Å². The van der Waals surface area contributed by atoms with E-state index in [-0.39, 0.29) is 4.90 Å². The molecule has 4 rings (SSSR count). The minimum Gasteiger partial charge on any atom is -0.285 e. The molecule has 0 spiro atoms. The van der Waals surface area contributed by atoms with Gasteiger partial charge in [0.15, 0.2) is 5.82 Å².